The van der Waals surface area contributed by atoms with Crippen LogP contribution in [-0.4, -0.2) is 38.3 Å². The number of amides is 1. The van der Waals surface area contributed by atoms with E-state index in [1.165, 1.54) is 0 Å². The van der Waals surface area contributed by atoms with Crippen LogP contribution >= 0.6 is 15.9 Å². The quantitative estimate of drug-likeness (QED) is 0.783. The Morgan fingerprint density at radius 1 is 1.17 bits per heavy atom. The van der Waals surface area contributed by atoms with Crippen LogP contribution in [0, 0.1) is 0 Å². The van der Waals surface area contributed by atoms with Crippen molar-refractivity contribution < 1.29 is 13.2 Å². The van der Waals surface area contributed by atoms with E-state index in [1.54, 1.807) is 22.2 Å². The van der Waals surface area contributed by atoms with Crippen LogP contribution in [0.5, 0.6) is 0 Å². The number of carbonyl (C=O) groups excluding carboxylic acids is 1. The molecule has 0 N–H and O–H groups in total. The highest BCUT2D eigenvalue weighted by molar-refractivity contribution is 9.10. The molecule has 0 saturated carbocycles. The van der Waals surface area contributed by atoms with E-state index in [1.807, 2.05) is 6.07 Å². The summed E-state index contributed by atoms with van der Waals surface area (Å²) in [6.45, 7) is 3.48. The highest BCUT2D eigenvalue weighted by Crippen LogP contribution is 2.39. The zero-order valence-corrected chi connectivity index (χ0v) is 15.6. The molecule has 7 heteroatoms. The summed E-state index contributed by atoms with van der Waals surface area (Å²) in [7, 11) is -3.58. The SMILES string of the molecule is CCC(=O)N1CCc2cc(Br)cc(S(=O)(=O)N3CCCCC3)c21. The molecule has 0 atom stereocenters. The molecule has 0 aromatic heterocycles. The van der Waals surface area contributed by atoms with Crippen LogP contribution in [0.15, 0.2) is 21.5 Å². The van der Waals surface area contributed by atoms with E-state index in [0.29, 0.717) is 38.2 Å². The Bertz CT molecular complexity index is 727. The average Bonchev–Trinajstić information content (AvgIpc) is 2.97. The third kappa shape index (κ3) is 3.06. The van der Waals surface area contributed by atoms with Gasteiger partial charge in [0.25, 0.3) is 0 Å². The maximum Gasteiger partial charge on any atom is 0.245 e. The standard InChI is InChI=1S/C16H21BrN2O3S/c1-2-15(20)19-9-6-12-10-13(17)11-14(16(12)19)23(21,22)18-7-4-3-5-8-18/h10-11H,2-9H2,1H3. The molecule has 1 aromatic rings. The van der Waals surface area contributed by atoms with E-state index in [4.69, 9.17) is 0 Å². The van der Waals surface area contributed by atoms with Crippen LogP contribution in [-0.2, 0) is 21.2 Å². The molecule has 3 rings (SSSR count). The first kappa shape index (κ1) is 16.9. The minimum absolute atomic E-state index is 0.0267. The van der Waals surface area contributed by atoms with Crippen molar-refractivity contribution in [2.24, 2.45) is 0 Å². The highest BCUT2D eigenvalue weighted by atomic mass is 79.9. The normalized spacial score (nSPS) is 19.0. The Kier molecular flexibility index (Phi) is 4.80. The lowest BCUT2D eigenvalue weighted by Crippen LogP contribution is -2.37. The van der Waals surface area contributed by atoms with Crippen LogP contribution in [0.2, 0.25) is 0 Å². The number of hydrogen-bond acceptors (Lipinski definition) is 3. The van der Waals surface area contributed by atoms with Crippen molar-refractivity contribution in [2.75, 3.05) is 24.5 Å². The van der Waals surface area contributed by atoms with E-state index < -0.39 is 10.0 Å². The second-order valence-corrected chi connectivity index (χ2v) is 8.85. The Labute approximate surface area is 145 Å². The molecule has 0 unspecified atom stereocenters. The number of halogens is 1. The second kappa shape index (κ2) is 6.53. The molecule has 5 nitrogen and oxygen atoms in total. The van der Waals surface area contributed by atoms with Gasteiger partial charge < -0.3 is 4.90 Å². The van der Waals surface area contributed by atoms with Crippen LogP contribution in [0.4, 0.5) is 5.69 Å². The smallest absolute Gasteiger partial charge is 0.245 e. The van der Waals surface area contributed by atoms with Gasteiger partial charge in [-0.05, 0) is 37.0 Å². The second-order valence-electron chi connectivity index (χ2n) is 6.03. The van der Waals surface area contributed by atoms with Crippen LogP contribution < -0.4 is 4.90 Å². The molecule has 2 aliphatic heterocycles. The van der Waals surface area contributed by atoms with Gasteiger partial charge in [0.05, 0.1) is 5.69 Å². The Morgan fingerprint density at radius 3 is 2.52 bits per heavy atom. The van der Waals surface area contributed by atoms with Gasteiger partial charge in [-0.2, -0.15) is 4.31 Å². The molecule has 2 heterocycles. The average molecular weight is 401 g/mol. The lowest BCUT2D eigenvalue weighted by Gasteiger charge is -2.28. The van der Waals surface area contributed by atoms with Crippen LogP contribution in [0.25, 0.3) is 0 Å². The fraction of sp³-hybridized carbons (Fsp3) is 0.562. The molecular formula is C16H21BrN2O3S. The minimum Gasteiger partial charge on any atom is -0.310 e. The number of nitrogens with zero attached hydrogens (tertiary/aromatic N) is 2. The lowest BCUT2D eigenvalue weighted by atomic mass is 10.2. The number of sulfonamides is 1. The van der Waals surface area contributed by atoms with E-state index in [-0.39, 0.29) is 10.8 Å². The summed E-state index contributed by atoms with van der Waals surface area (Å²) in [5.74, 6) is -0.0267. The van der Waals surface area contributed by atoms with Crippen molar-refractivity contribution in [1.29, 1.82) is 0 Å². The predicted molar refractivity (Wildman–Crippen MR) is 93.1 cm³/mol. The number of benzene rings is 1. The van der Waals surface area contributed by atoms with Gasteiger partial charge in [0.2, 0.25) is 15.9 Å². The molecule has 0 bridgehead atoms. The minimum atomic E-state index is -3.58. The van der Waals surface area contributed by atoms with E-state index in [0.717, 1.165) is 29.3 Å². The summed E-state index contributed by atoms with van der Waals surface area (Å²) in [5, 5.41) is 0. The third-order valence-electron chi connectivity index (χ3n) is 4.53. The van der Waals surface area contributed by atoms with Crippen molar-refractivity contribution in [3.8, 4) is 0 Å². The highest BCUT2D eigenvalue weighted by Gasteiger charge is 2.35. The summed E-state index contributed by atoms with van der Waals surface area (Å²) < 4.78 is 28.6. The van der Waals surface area contributed by atoms with Crippen molar-refractivity contribution in [2.45, 2.75) is 43.9 Å². The summed E-state index contributed by atoms with van der Waals surface area (Å²) in [6.07, 6.45) is 3.94. The monoisotopic (exact) mass is 400 g/mol. The van der Waals surface area contributed by atoms with Gasteiger partial charge in [-0.3, -0.25) is 4.79 Å². The van der Waals surface area contributed by atoms with Crippen LogP contribution in [0.1, 0.15) is 38.2 Å². The number of piperidine rings is 1. The molecule has 0 aliphatic carbocycles. The molecule has 2 aliphatic rings. The molecular weight excluding hydrogens is 380 g/mol. The van der Waals surface area contributed by atoms with E-state index in [9.17, 15) is 13.2 Å². The molecule has 0 radical (unpaired) electrons. The first-order valence-corrected chi connectivity index (χ1v) is 10.3. The van der Waals surface area contributed by atoms with E-state index in [2.05, 4.69) is 15.9 Å². The number of anilines is 1. The number of fused-ring (bicyclic) bond motifs is 1. The maximum absolute atomic E-state index is 13.1. The predicted octanol–water partition coefficient (Wildman–Crippen LogP) is 2.92. The Balaban J connectivity index is 2.11. The third-order valence-corrected chi connectivity index (χ3v) is 6.90. The van der Waals surface area contributed by atoms with Gasteiger partial charge in [0.1, 0.15) is 4.90 Å². The molecule has 23 heavy (non-hydrogen) atoms. The van der Waals surface area contributed by atoms with Crippen molar-refractivity contribution >= 4 is 37.5 Å². The first-order valence-electron chi connectivity index (χ1n) is 8.08. The molecule has 1 saturated heterocycles. The number of hydrogen-bond donors (Lipinski definition) is 0. The fourth-order valence-electron chi connectivity index (χ4n) is 3.35. The Hall–Kier alpha value is -0.920. The number of rotatable bonds is 3. The lowest BCUT2D eigenvalue weighted by molar-refractivity contribution is -0.118. The largest absolute Gasteiger partial charge is 0.310 e. The van der Waals surface area contributed by atoms with Gasteiger partial charge in [-0.1, -0.05) is 29.3 Å². The topological polar surface area (TPSA) is 57.7 Å². The summed E-state index contributed by atoms with van der Waals surface area (Å²) in [6, 6.07) is 3.57. The zero-order valence-electron chi connectivity index (χ0n) is 13.2. The maximum atomic E-state index is 13.1. The van der Waals surface area contributed by atoms with Crippen LogP contribution in [0.3, 0.4) is 0 Å². The molecule has 0 spiro atoms. The van der Waals surface area contributed by atoms with Crippen molar-refractivity contribution in [1.82, 2.24) is 4.31 Å². The molecule has 1 fully saturated rings. The summed E-state index contributed by atoms with van der Waals surface area (Å²) >= 11 is 3.42. The zero-order chi connectivity index (χ0) is 16.6. The molecule has 1 amide bonds. The Morgan fingerprint density at radius 2 is 1.87 bits per heavy atom. The van der Waals surface area contributed by atoms with Crippen molar-refractivity contribution in [3.05, 3.63) is 22.2 Å². The fourth-order valence-corrected chi connectivity index (χ4v) is 5.79. The van der Waals surface area contributed by atoms with Gasteiger partial charge in [-0.25, -0.2) is 8.42 Å². The van der Waals surface area contributed by atoms with E-state index >= 15 is 0 Å². The number of carbonyl (C=O) groups is 1. The van der Waals surface area contributed by atoms with Gasteiger partial charge >= 0.3 is 0 Å². The van der Waals surface area contributed by atoms with Gasteiger partial charge in [-0.15, -0.1) is 0 Å². The van der Waals surface area contributed by atoms with Gasteiger partial charge in [0.15, 0.2) is 0 Å². The first-order chi connectivity index (χ1) is 10.9. The summed E-state index contributed by atoms with van der Waals surface area (Å²) in [4.78, 5) is 14.1. The van der Waals surface area contributed by atoms with Crippen molar-refractivity contribution in [3.63, 3.8) is 0 Å². The van der Waals surface area contributed by atoms with Gasteiger partial charge in [0, 0.05) is 30.5 Å². The summed E-state index contributed by atoms with van der Waals surface area (Å²) in [5.41, 5.74) is 1.52. The molecule has 1 aromatic carbocycles. The molecule has 126 valence electrons.